The summed E-state index contributed by atoms with van der Waals surface area (Å²) in [7, 11) is 0. The molecule has 0 spiro atoms. The zero-order valence-corrected chi connectivity index (χ0v) is 16.0. The Balaban J connectivity index is 1.89. The van der Waals surface area contributed by atoms with E-state index in [4.69, 9.17) is 5.73 Å². The van der Waals surface area contributed by atoms with E-state index in [2.05, 4.69) is 5.32 Å². The standard InChI is InChI=1S/C23H21F3N2O/c1-14-9-10-20(13-21(14)17-6-3-5-16(11-17)15(2)27)28-22(29)18-7-4-8-19(12-18)23(24,25)26/h3-13,15H,27H2,1-2H3,(H,28,29)/t15-/m1/s1. The smallest absolute Gasteiger partial charge is 0.324 e. The van der Waals surface area contributed by atoms with Gasteiger partial charge in [-0.15, -0.1) is 0 Å². The molecule has 0 saturated heterocycles. The molecule has 0 aliphatic rings. The number of aryl methyl sites for hydroxylation is 1. The third kappa shape index (κ3) is 4.84. The van der Waals surface area contributed by atoms with Crippen LogP contribution in [0.4, 0.5) is 18.9 Å². The molecule has 0 aliphatic carbocycles. The van der Waals surface area contributed by atoms with Crippen LogP contribution in [0.1, 0.15) is 40.0 Å². The van der Waals surface area contributed by atoms with Crippen molar-refractivity contribution in [2.24, 2.45) is 5.73 Å². The van der Waals surface area contributed by atoms with Crippen molar-refractivity contribution >= 4 is 11.6 Å². The Morgan fingerprint density at radius 3 is 2.41 bits per heavy atom. The van der Waals surface area contributed by atoms with Gasteiger partial charge in [-0.2, -0.15) is 13.2 Å². The van der Waals surface area contributed by atoms with Crippen LogP contribution in [0.2, 0.25) is 0 Å². The maximum atomic E-state index is 12.9. The second-order valence-corrected chi connectivity index (χ2v) is 6.98. The Hall–Kier alpha value is -3.12. The van der Waals surface area contributed by atoms with Crippen molar-refractivity contribution in [3.63, 3.8) is 0 Å². The summed E-state index contributed by atoms with van der Waals surface area (Å²) in [6, 6.07) is 17.4. The Labute approximate surface area is 167 Å². The van der Waals surface area contributed by atoms with Crippen molar-refractivity contribution in [3.05, 3.63) is 89.0 Å². The number of carbonyl (C=O) groups excluding carboxylic acids is 1. The number of rotatable bonds is 4. The molecule has 0 saturated carbocycles. The predicted octanol–water partition coefficient (Wildman–Crippen LogP) is 5.95. The monoisotopic (exact) mass is 398 g/mol. The summed E-state index contributed by atoms with van der Waals surface area (Å²) in [5, 5.41) is 2.68. The molecule has 0 radical (unpaired) electrons. The van der Waals surface area contributed by atoms with E-state index in [1.54, 1.807) is 12.1 Å². The maximum Gasteiger partial charge on any atom is 0.416 e. The van der Waals surface area contributed by atoms with Crippen LogP contribution >= 0.6 is 0 Å². The summed E-state index contributed by atoms with van der Waals surface area (Å²) >= 11 is 0. The second kappa shape index (κ2) is 8.09. The van der Waals surface area contributed by atoms with Gasteiger partial charge in [-0.25, -0.2) is 0 Å². The fraction of sp³-hybridized carbons (Fsp3) is 0.174. The molecule has 3 aromatic carbocycles. The molecule has 0 heterocycles. The lowest BCUT2D eigenvalue weighted by Gasteiger charge is -2.13. The van der Waals surface area contributed by atoms with Gasteiger partial charge in [0.2, 0.25) is 0 Å². The quantitative estimate of drug-likeness (QED) is 0.570. The molecule has 1 atom stereocenters. The van der Waals surface area contributed by atoms with Gasteiger partial charge in [-0.05, 0) is 72.5 Å². The number of carbonyl (C=O) groups is 1. The van der Waals surface area contributed by atoms with Crippen LogP contribution in [0.25, 0.3) is 11.1 Å². The van der Waals surface area contributed by atoms with Crippen molar-refractivity contribution in [1.82, 2.24) is 0 Å². The summed E-state index contributed by atoms with van der Waals surface area (Å²) in [5.41, 5.74) is 9.40. The molecule has 6 heteroatoms. The normalized spacial score (nSPS) is 12.5. The number of alkyl halides is 3. The van der Waals surface area contributed by atoms with Gasteiger partial charge in [0, 0.05) is 17.3 Å². The highest BCUT2D eigenvalue weighted by molar-refractivity contribution is 6.04. The van der Waals surface area contributed by atoms with E-state index in [0.29, 0.717) is 5.69 Å². The average molecular weight is 398 g/mol. The Bertz CT molecular complexity index is 1040. The molecule has 3 nitrogen and oxygen atoms in total. The van der Waals surface area contributed by atoms with E-state index in [9.17, 15) is 18.0 Å². The number of hydrogen-bond donors (Lipinski definition) is 2. The minimum atomic E-state index is -4.50. The highest BCUT2D eigenvalue weighted by Crippen LogP contribution is 2.31. The van der Waals surface area contributed by atoms with Crippen molar-refractivity contribution in [2.75, 3.05) is 5.32 Å². The summed E-state index contributed by atoms with van der Waals surface area (Å²) in [4.78, 5) is 12.5. The third-order valence-electron chi connectivity index (χ3n) is 4.67. The number of hydrogen-bond acceptors (Lipinski definition) is 2. The van der Waals surface area contributed by atoms with Crippen molar-refractivity contribution < 1.29 is 18.0 Å². The molecule has 0 unspecified atom stereocenters. The zero-order chi connectivity index (χ0) is 21.2. The molecular weight excluding hydrogens is 377 g/mol. The van der Waals surface area contributed by atoms with E-state index in [1.165, 1.54) is 12.1 Å². The van der Waals surface area contributed by atoms with E-state index in [1.807, 2.05) is 44.2 Å². The molecule has 0 bridgehead atoms. The second-order valence-electron chi connectivity index (χ2n) is 6.98. The molecule has 0 aliphatic heterocycles. The fourth-order valence-corrected chi connectivity index (χ4v) is 3.04. The van der Waals surface area contributed by atoms with E-state index >= 15 is 0 Å². The van der Waals surface area contributed by atoms with Crippen LogP contribution in [0, 0.1) is 6.92 Å². The highest BCUT2D eigenvalue weighted by atomic mass is 19.4. The van der Waals surface area contributed by atoms with Crippen LogP contribution in [-0.4, -0.2) is 5.91 Å². The molecule has 0 aromatic heterocycles. The first kappa shape index (κ1) is 20.6. The fourth-order valence-electron chi connectivity index (χ4n) is 3.04. The number of nitrogens with one attached hydrogen (secondary N) is 1. The number of amides is 1. The molecule has 3 rings (SSSR count). The minimum absolute atomic E-state index is 0.0547. The Morgan fingerprint density at radius 2 is 1.72 bits per heavy atom. The van der Waals surface area contributed by atoms with Gasteiger partial charge < -0.3 is 11.1 Å². The summed E-state index contributed by atoms with van der Waals surface area (Å²) in [6.07, 6.45) is -4.50. The van der Waals surface area contributed by atoms with Gasteiger partial charge in [0.05, 0.1) is 5.56 Å². The van der Waals surface area contributed by atoms with Gasteiger partial charge >= 0.3 is 6.18 Å². The Morgan fingerprint density at radius 1 is 1.00 bits per heavy atom. The van der Waals surface area contributed by atoms with Gasteiger partial charge in [0.25, 0.3) is 5.91 Å². The van der Waals surface area contributed by atoms with Crippen molar-refractivity contribution in [1.29, 1.82) is 0 Å². The molecular formula is C23H21F3N2O. The van der Waals surface area contributed by atoms with Gasteiger partial charge in [-0.3, -0.25) is 4.79 Å². The van der Waals surface area contributed by atoms with Crippen molar-refractivity contribution in [3.8, 4) is 11.1 Å². The van der Waals surface area contributed by atoms with Crippen LogP contribution in [-0.2, 0) is 6.18 Å². The van der Waals surface area contributed by atoms with Gasteiger partial charge in [-0.1, -0.05) is 30.3 Å². The number of halogens is 3. The van der Waals surface area contributed by atoms with E-state index < -0.39 is 17.6 Å². The third-order valence-corrected chi connectivity index (χ3v) is 4.67. The van der Waals surface area contributed by atoms with Crippen LogP contribution in [0.5, 0.6) is 0 Å². The molecule has 0 fully saturated rings. The van der Waals surface area contributed by atoms with E-state index in [-0.39, 0.29) is 11.6 Å². The SMILES string of the molecule is Cc1ccc(NC(=O)c2cccc(C(F)(F)F)c2)cc1-c1cccc([C@@H](C)N)c1. The summed E-state index contributed by atoms with van der Waals surface area (Å²) < 4.78 is 38.7. The lowest BCUT2D eigenvalue weighted by molar-refractivity contribution is -0.137. The molecule has 3 aromatic rings. The zero-order valence-electron chi connectivity index (χ0n) is 16.0. The number of benzene rings is 3. The maximum absolute atomic E-state index is 12.9. The lowest BCUT2D eigenvalue weighted by Crippen LogP contribution is -2.14. The highest BCUT2D eigenvalue weighted by Gasteiger charge is 2.30. The average Bonchev–Trinajstić information content (AvgIpc) is 2.69. The number of nitrogens with two attached hydrogens (primary N) is 1. The molecule has 1 amide bonds. The topological polar surface area (TPSA) is 55.1 Å². The summed E-state index contributed by atoms with van der Waals surface area (Å²) in [5.74, 6) is -0.602. The number of anilines is 1. The minimum Gasteiger partial charge on any atom is -0.324 e. The van der Waals surface area contributed by atoms with Crippen LogP contribution in [0.3, 0.4) is 0 Å². The van der Waals surface area contributed by atoms with Crippen LogP contribution < -0.4 is 11.1 Å². The molecule has 150 valence electrons. The Kier molecular flexibility index (Phi) is 5.75. The first-order valence-corrected chi connectivity index (χ1v) is 9.10. The first-order chi connectivity index (χ1) is 13.6. The van der Waals surface area contributed by atoms with Gasteiger partial charge in [0.1, 0.15) is 0 Å². The summed E-state index contributed by atoms with van der Waals surface area (Å²) in [6.45, 7) is 3.85. The van der Waals surface area contributed by atoms with Gasteiger partial charge in [0.15, 0.2) is 0 Å². The predicted molar refractivity (Wildman–Crippen MR) is 109 cm³/mol. The largest absolute Gasteiger partial charge is 0.416 e. The molecule has 3 N–H and O–H groups in total. The lowest BCUT2D eigenvalue weighted by atomic mass is 9.96. The first-order valence-electron chi connectivity index (χ1n) is 9.10. The van der Waals surface area contributed by atoms with Crippen molar-refractivity contribution in [2.45, 2.75) is 26.1 Å². The van der Waals surface area contributed by atoms with E-state index in [0.717, 1.165) is 34.4 Å². The molecule has 29 heavy (non-hydrogen) atoms. The van der Waals surface area contributed by atoms with Crippen LogP contribution in [0.15, 0.2) is 66.7 Å².